The highest BCUT2D eigenvalue weighted by molar-refractivity contribution is 6.46. The summed E-state index contributed by atoms with van der Waals surface area (Å²) in [6.07, 6.45) is 0.602. The van der Waals surface area contributed by atoms with E-state index in [1.807, 2.05) is 6.07 Å². The van der Waals surface area contributed by atoms with Gasteiger partial charge in [-0.05, 0) is 30.7 Å². The summed E-state index contributed by atoms with van der Waals surface area (Å²) in [5, 5.41) is 22.9. The lowest BCUT2D eigenvalue weighted by Gasteiger charge is -2.25. The summed E-state index contributed by atoms with van der Waals surface area (Å²) >= 11 is 0. The van der Waals surface area contributed by atoms with Crippen molar-refractivity contribution in [2.24, 2.45) is 0 Å². The molecule has 1 atom stereocenters. The predicted molar refractivity (Wildman–Crippen MR) is 113 cm³/mol. The molecular formula is C23H26N2O5. The van der Waals surface area contributed by atoms with Gasteiger partial charge in [-0.15, -0.1) is 0 Å². The normalized spacial score (nSPS) is 18.1. The minimum Gasteiger partial charge on any atom is -0.507 e. The third-order valence-corrected chi connectivity index (χ3v) is 5.06. The summed E-state index contributed by atoms with van der Waals surface area (Å²) in [5.41, 5.74) is 1.29. The molecular weight excluding hydrogens is 384 g/mol. The molecule has 158 valence electrons. The van der Waals surface area contributed by atoms with Crippen LogP contribution < -0.4 is 10.1 Å². The number of nitrogens with zero attached hydrogens (tertiary/aromatic N) is 1. The van der Waals surface area contributed by atoms with Crippen LogP contribution >= 0.6 is 0 Å². The van der Waals surface area contributed by atoms with Crippen molar-refractivity contribution in [2.45, 2.75) is 12.5 Å². The van der Waals surface area contributed by atoms with E-state index in [4.69, 9.17) is 9.84 Å². The average Bonchev–Trinajstić information content (AvgIpc) is 3.04. The smallest absolute Gasteiger partial charge is 0.295 e. The standard InChI is InChI=1S/C23H26N2O5/c1-30-18-10-8-16(9-11-18)20-19(21(27)17-6-3-2-4-7-17)22(28)23(29)25(20)14-5-12-24-13-15-26/h2-4,6-11,20,24,26-27H,5,12-15H2,1H3/t20-/m0/s1. The minimum absolute atomic E-state index is 0.0352. The second kappa shape index (κ2) is 10.0. The molecule has 0 unspecified atom stereocenters. The number of carbonyl (C=O) groups excluding carboxylic acids is 2. The molecule has 3 rings (SSSR count). The summed E-state index contributed by atoms with van der Waals surface area (Å²) in [4.78, 5) is 27.2. The molecule has 0 aliphatic carbocycles. The van der Waals surface area contributed by atoms with Crippen molar-refractivity contribution in [2.75, 3.05) is 33.4 Å². The maximum Gasteiger partial charge on any atom is 0.295 e. The second-order valence-electron chi connectivity index (χ2n) is 6.96. The van der Waals surface area contributed by atoms with E-state index in [9.17, 15) is 14.7 Å². The van der Waals surface area contributed by atoms with E-state index in [0.29, 0.717) is 37.4 Å². The van der Waals surface area contributed by atoms with Gasteiger partial charge in [0, 0.05) is 18.7 Å². The fourth-order valence-corrected chi connectivity index (χ4v) is 3.57. The fraction of sp³-hybridized carbons (Fsp3) is 0.304. The first-order valence-electron chi connectivity index (χ1n) is 9.87. The molecule has 2 aromatic rings. The number of hydrogen-bond acceptors (Lipinski definition) is 6. The predicted octanol–water partition coefficient (Wildman–Crippen LogP) is 2.09. The van der Waals surface area contributed by atoms with Crippen molar-refractivity contribution >= 4 is 17.4 Å². The summed E-state index contributed by atoms with van der Waals surface area (Å²) in [7, 11) is 1.57. The Bertz CT molecular complexity index is 909. The second-order valence-corrected chi connectivity index (χ2v) is 6.96. The van der Waals surface area contributed by atoms with E-state index in [2.05, 4.69) is 5.32 Å². The van der Waals surface area contributed by atoms with Crippen LogP contribution in [-0.4, -0.2) is 60.2 Å². The lowest BCUT2D eigenvalue weighted by atomic mass is 9.95. The van der Waals surface area contributed by atoms with Crippen LogP contribution in [-0.2, 0) is 9.59 Å². The molecule has 1 amide bonds. The number of nitrogens with one attached hydrogen (secondary N) is 1. The number of likely N-dealkylation sites (tertiary alicyclic amines) is 1. The van der Waals surface area contributed by atoms with Crippen LogP contribution in [0.25, 0.3) is 5.76 Å². The molecule has 1 aliphatic heterocycles. The number of amides is 1. The first kappa shape index (κ1) is 21.5. The molecule has 1 aliphatic rings. The van der Waals surface area contributed by atoms with Crippen LogP contribution in [0.3, 0.4) is 0 Å². The highest BCUT2D eigenvalue weighted by Crippen LogP contribution is 2.39. The van der Waals surface area contributed by atoms with Crippen molar-refractivity contribution in [3.63, 3.8) is 0 Å². The van der Waals surface area contributed by atoms with Crippen molar-refractivity contribution in [3.8, 4) is 5.75 Å². The largest absolute Gasteiger partial charge is 0.507 e. The van der Waals surface area contributed by atoms with Crippen molar-refractivity contribution in [1.82, 2.24) is 10.2 Å². The zero-order valence-electron chi connectivity index (χ0n) is 16.9. The average molecular weight is 410 g/mol. The molecule has 7 nitrogen and oxygen atoms in total. The van der Waals surface area contributed by atoms with Gasteiger partial charge in [0.2, 0.25) is 0 Å². The number of benzene rings is 2. The number of rotatable bonds is 9. The first-order chi connectivity index (χ1) is 14.6. The topological polar surface area (TPSA) is 99.1 Å². The minimum atomic E-state index is -0.694. The number of aliphatic hydroxyl groups is 2. The van der Waals surface area contributed by atoms with Gasteiger partial charge < -0.3 is 25.2 Å². The molecule has 0 spiro atoms. The Morgan fingerprint density at radius 3 is 2.40 bits per heavy atom. The molecule has 1 heterocycles. The zero-order chi connectivity index (χ0) is 21.5. The van der Waals surface area contributed by atoms with Crippen LogP contribution in [0, 0.1) is 0 Å². The number of ether oxygens (including phenoxy) is 1. The number of methoxy groups -OCH3 is 1. The Labute approximate surface area is 175 Å². The highest BCUT2D eigenvalue weighted by Gasteiger charge is 2.45. The van der Waals surface area contributed by atoms with Gasteiger partial charge in [0.05, 0.1) is 25.3 Å². The third-order valence-electron chi connectivity index (χ3n) is 5.06. The van der Waals surface area contributed by atoms with E-state index in [0.717, 1.165) is 5.56 Å². The Kier molecular flexibility index (Phi) is 7.21. The van der Waals surface area contributed by atoms with Crippen LogP contribution in [0.1, 0.15) is 23.6 Å². The lowest BCUT2D eigenvalue weighted by Crippen LogP contribution is -2.32. The Morgan fingerprint density at radius 2 is 1.77 bits per heavy atom. The lowest BCUT2D eigenvalue weighted by molar-refractivity contribution is -0.139. The van der Waals surface area contributed by atoms with E-state index < -0.39 is 17.7 Å². The van der Waals surface area contributed by atoms with Gasteiger partial charge in [0.1, 0.15) is 11.5 Å². The number of aliphatic hydroxyl groups excluding tert-OH is 2. The molecule has 2 aromatic carbocycles. The first-order valence-corrected chi connectivity index (χ1v) is 9.87. The van der Waals surface area contributed by atoms with Gasteiger partial charge in [-0.3, -0.25) is 9.59 Å². The Hall–Kier alpha value is -3.16. The van der Waals surface area contributed by atoms with E-state index >= 15 is 0 Å². The van der Waals surface area contributed by atoms with Crippen LogP contribution in [0.5, 0.6) is 5.75 Å². The Balaban J connectivity index is 1.99. The van der Waals surface area contributed by atoms with Crippen molar-refractivity contribution < 1.29 is 24.5 Å². The maximum atomic E-state index is 12.9. The fourth-order valence-electron chi connectivity index (χ4n) is 3.57. The summed E-state index contributed by atoms with van der Waals surface area (Å²) in [6.45, 7) is 1.44. The molecule has 7 heteroatoms. The Morgan fingerprint density at radius 1 is 1.07 bits per heavy atom. The molecule has 0 bridgehead atoms. The van der Waals surface area contributed by atoms with Crippen LogP contribution in [0.4, 0.5) is 0 Å². The van der Waals surface area contributed by atoms with Gasteiger partial charge in [0.25, 0.3) is 11.7 Å². The summed E-state index contributed by atoms with van der Waals surface area (Å²) < 4.78 is 5.21. The van der Waals surface area contributed by atoms with Crippen LogP contribution in [0.2, 0.25) is 0 Å². The summed E-state index contributed by atoms with van der Waals surface area (Å²) in [5.74, 6) is -0.849. The number of ketones is 1. The van der Waals surface area contributed by atoms with Gasteiger partial charge >= 0.3 is 0 Å². The van der Waals surface area contributed by atoms with Gasteiger partial charge in [-0.1, -0.05) is 42.5 Å². The monoisotopic (exact) mass is 410 g/mol. The van der Waals surface area contributed by atoms with E-state index in [1.54, 1.807) is 55.6 Å². The SMILES string of the molecule is COc1ccc([C@H]2C(=C(O)c3ccccc3)C(=O)C(=O)N2CCCNCCO)cc1. The number of Topliss-reactive ketones (excluding diaryl/α,β-unsaturated/α-hetero) is 1. The van der Waals surface area contributed by atoms with E-state index in [-0.39, 0.29) is 17.9 Å². The van der Waals surface area contributed by atoms with Gasteiger partial charge in [-0.2, -0.15) is 0 Å². The zero-order valence-corrected chi connectivity index (χ0v) is 16.9. The number of hydrogen-bond donors (Lipinski definition) is 3. The molecule has 3 N–H and O–H groups in total. The molecule has 0 saturated carbocycles. The van der Waals surface area contributed by atoms with Crippen molar-refractivity contribution in [1.29, 1.82) is 0 Å². The van der Waals surface area contributed by atoms with Crippen molar-refractivity contribution in [3.05, 3.63) is 71.3 Å². The number of carbonyl (C=O) groups is 2. The molecule has 30 heavy (non-hydrogen) atoms. The maximum absolute atomic E-state index is 12.9. The summed E-state index contributed by atoms with van der Waals surface area (Å²) in [6, 6.07) is 15.2. The van der Waals surface area contributed by atoms with E-state index in [1.165, 1.54) is 4.90 Å². The highest BCUT2D eigenvalue weighted by atomic mass is 16.5. The molecule has 0 radical (unpaired) electrons. The quantitative estimate of drug-likeness (QED) is 0.253. The molecule has 0 aromatic heterocycles. The molecule has 1 saturated heterocycles. The third kappa shape index (κ3) is 4.53. The van der Waals surface area contributed by atoms with Gasteiger partial charge in [-0.25, -0.2) is 0 Å². The van der Waals surface area contributed by atoms with Crippen LogP contribution in [0.15, 0.2) is 60.2 Å². The van der Waals surface area contributed by atoms with Gasteiger partial charge in [0.15, 0.2) is 0 Å². The molecule has 1 fully saturated rings.